The minimum atomic E-state index is -0.842. The number of nitro groups is 1. The maximum absolute atomic E-state index is 10.9. The van der Waals surface area contributed by atoms with Gasteiger partial charge in [0.2, 0.25) is 0 Å². The molecule has 1 aliphatic heterocycles. The normalized spacial score (nSPS) is 16.8. The first-order chi connectivity index (χ1) is 8.90. The lowest BCUT2D eigenvalue weighted by Crippen LogP contribution is -2.51. The molecule has 6 nitrogen and oxygen atoms in total. The molecule has 1 unspecified atom stereocenters. The molecule has 7 heteroatoms. The Balaban J connectivity index is 2.15. The first-order valence-corrected chi connectivity index (χ1v) is 6.19. The fourth-order valence-corrected chi connectivity index (χ4v) is 2.30. The Hall–Kier alpha value is -1.82. The fraction of sp³-hybridized carbons (Fsp3) is 0.417. The van der Waals surface area contributed by atoms with Gasteiger partial charge in [-0.05, 0) is 12.1 Å². The van der Waals surface area contributed by atoms with Crippen LogP contribution in [0.1, 0.15) is 6.92 Å². The number of nitrogens with zero attached hydrogens (tertiary/aromatic N) is 2. The zero-order valence-corrected chi connectivity index (χ0v) is 11.0. The summed E-state index contributed by atoms with van der Waals surface area (Å²) in [6.07, 6.45) is 0. The standard InChI is InChI=1S/C12H13ClN2O4/c1-7(12(16)17)8-5-14(6-8)11-4-9(13)2-3-10(11)15(18)19/h2-4,7-8H,5-6H2,1H3,(H,16,17). The number of rotatable bonds is 4. The number of aliphatic carboxylic acids is 1. The monoisotopic (exact) mass is 284 g/mol. The van der Waals surface area contributed by atoms with Gasteiger partial charge in [-0.15, -0.1) is 0 Å². The van der Waals surface area contributed by atoms with Crippen LogP contribution in [0.25, 0.3) is 0 Å². The Morgan fingerprint density at radius 2 is 2.21 bits per heavy atom. The van der Waals surface area contributed by atoms with Gasteiger partial charge in [0.15, 0.2) is 0 Å². The van der Waals surface area contributed by atoms with Crippen LogP contribution < -0.4 is 4.90 Å². The van der Waals surface area contributed by atoms with Crippen LogP contribution in [0.2, 0.25) is 5.02 Å². The highest BCUT2D eigenvalue weighted by atomic mass is 35.5. The highest BCUT2D eigenvalue weighted by Crippen LogP contribution is 2.37. The summed E-state index contributed by atoms with van der Waals surface area (Å²) in [6, 6.07) is 4.38. The summed E-state index contributed by atoms with van der Waals surface area (Å²) >= 11 is 5.85. The predicted molar refractivity (Wildman–Crippen MR) is 70.6 cm³/mol. The summed E-state index contributed by atoms with van der Waals surface area (Å²) in [7, 11) is 0. The van der Waals surface area contributed by atoms with E-state index in [1.807, 2.05) is 0 Å². The number of nitro benzene ring substituents is 1. The van der Waals surface area contributed by atoms with Gasteiger partial charge in [-0.3, -0.25) is 14.9 Å². The third-order valence-corrected chi connectivity index (χ3v) is 3.72. The lowest BCUT2D eigenvalue weighted by atomic mass is 9.86. The van der Waals surface area contributed by atoms with Crippen molar-refractivity contribution in [3.05, 3.63) is 33.3 Å². The van der Waals surface area contributed by atoms with Crippen LogP contribution in [-0.2, 0) is 4.79 Å². The average Bonchev–Trinajstić information content (AvgIpc) is 2.26. The molecule has 0 saturated carbocycles. The maximum Gasteiger partial charge on any atom is 0.306 e. The molecule has 1 N–H and O–H groups in total. The number of hydrogen-bond acceptors (Lipinski definition) is 4. The van der Waals surface area contributed by atoms with Crippen molar-refractivity contribution in [2.45, 2.75) is 6.92 Å². The second-order valence-corrected chi connectivity index (χ2v) is 5.12. The molecule has 1 aromatic carbocycles. The zero-order valence-electron chi connectivity index (χ0n) is 10.2. The van der Waals surface area contributed by atoms with E-state index in [0.29, 0.717) is 23.8 Å². The largest absolute Gasteiger partial charge is 0.481 e. The summed E-state index contributed by atoms with van der Waals surface area (Å²) in [6.45, 7) is 2.64. The molecule has 0 aromatic heterocycles. The molecule has 1 fully saturated rings. The Bertz CT molecular complexity index is 528. The van der Waals surface area contributed by atoms with Crippen molar-refractivity contribution < 1.29 is 14.8 Å². The van der Waals surface area contributed by atoms with Crippen molar-refractivity contribution in [1.29, 1.82) is 0 Å². The summed E-state index contributed by atoms with van der Waals surface area (Å²) in [5.41, 5.74) is 0.442. The molecule has 1 heterocycles. The van der Waals surface area contributed by atoms with Crippen LogP contribution in [0, 0.1) is 22.0 Å². The van der Waals surface area contributed by atoms with Gasteiger partial charge in [-0.1, -0.05) is 18.5 Å². The number of carbonyl (C=O) groups is 1. The molecule has 0 bridgehead atoms. The second kappa shape index (κ2) is 5.05. The third kappa shape index (κ3) is 2.63. The first-order valence-electron chi connectivity index (χ1n) is 5.82. The molecule has 0 radical (unpaired) electrons. The van der Waals surface area contributed by atoms with E-state index in [9.17, 15) is 14.9 Å². The molecule has 1 atom stereocenters. The number of hydrogen-bond donors (Lipinski definition) is 1. The SMILES string of the molecule is CC(C(=O)O)C1CN(c2cc(Cl)ccc2[N+](=O)[O-])C1. The van der Waals surface area contributed by atoms with E-state index in [1.54, 1.807) is 17.9 Å². The van der Waals surface area contributed by atoms with Gasteiger partial charge in [0.05, 0.1) is 10.8 Å². The molecule has 1 saturated heterocycles. The van der Waals surface area contributed by atoms with E-state index >= 15 is 0 Å². The highest BCUT2D eigenvalue weighted by molar-refractivity contribution is 6.31. The summed E-state index contributed by atoms with van der Waals surface area (Å²) in [4.78, 5) is 23.1. The summed E-state index contributed by atoms with van der Waals surface area (Å²) in [5, 5.41) is 20.3. The van der Waals surface area contributed by atoms with E-state index in [-0.39, 0.29) is 11.6 Å². The van der Waals surface area contributed by atoms with E-state index in [4.69, 9.17) is 16.7 Å². The van der Waals surface area contributed by atoms with Crippen LogP contribution in [0.5, 0.6) is 0 Å². The van der Waals surface area contributed by atoms with E-state index in [0.717, 1.165) is 0 Å². The Labute approximate surface area is 114 Å². The average molecular weight is 285 g/mol. The fourth-order valence-electron chi connectivity index (χ4n) is 2.13. The van der Waals surface area contributed by atoms with E-state index in [2.05, 4.69) is 0 Å². The maximum atomic E-state index is 10.9. The van der Waals surface area contributed by atoms with Crippen molar-refractivity contribution >= 4 is 28.9 Å². The van der Waals surface area contributed by atoms with Gasteiger partial charge in [-0.25, -0.2) is 0 Å². The van der Waals surface area contributed by atoms with Crippen LogP contribution in [0.4, 0.5) is 11.4 Å². The second-order valence-electron chi connectivity index (χ2n) is 4.68. The predicted octanol–water partition coefficient (Wildman–Crippen LogP) is 2.41. The number of benzene rings is 1. The summed E-state index contributed by atoms with van der Waals surface area (Å²) in [5.74, 6) is -1.28. The molecule has 19 heavy (non-hydrogen) atoms. The minimum Gasteiger partial charge on any atom is -0.481 e. The Morgan fingerprint density at radius 1 is 1.58 bits per heavy atom. The Morgan fingerprint density at radius 3 is 2.74 bits per heavy atom. The van der Waals surface area contributed by atoms with Crippen LogP contribution in [-0.4, -0.2) is 29.1 Å². The van der Waals surface area contributed by atoms with E-state index in [1.165, 1.54) is 12.1 Å². The molecule has 2 rings (SSSR count). The molecular weight excluding hydrogens is 272 g/mol. The molecule has 0 spiro atoms. The van der Waals surface area contributed by atoms with Crippen molar-refractivity contribution in [3.63, 3.8) is 0 Å². The van der Waals surface area contributed by atoms with Gasteiger partial charge < -0.3 is 10.0 Å². The van der Waals surface area contributed by atoms with Gasteiger partial charge >= 0.3 is 5.97 Å². The zero-order chi connectivity index (χ0) is 14.2. The van der Waals surface area contributed by atoms with Gasteiger partial charge in [0, 0.05) is 30.1 Å². The van der Waals surface area contributed by atoms with E-state index < -0.39 is 16.8 Å². The minimum absolute atomic E-state index is 0.00849. The lowest BCUT2D eigenvalue weighted by molar-refractivity contribution is -0.384. The summed E-state index contributed by atoms with van der Waals surface area (Å²) < 4.78 is 0. The van der Waals surface area contributed by atoms with Crippen molar-refractivity contribution in [2.75, 3.05) is 18.0 Å². The molecule has 0 aliphatic carbocycles. The van der Waals surface area contributed by atoms with Gasteiger partial charge in [0.25, 0.3) is 5.69 Å². The smallest absolute Gasteiger partial charge is 0.306 e. The molecule has 1 aliphatic rings. The third-order valence-electron chi connectivity index (χ3n) is 3.48. The quantitative estimate of drug-likeness (QED) is 0.678. The van der Waals surface area contributed by atoms with Crippen molar-refractivity contribution in [2.24, 2.45) is 11.8 Å². The highest BCUT2D eigenvalue weighted by Gasteiger charge is 2.37. The van der Waals surface area contributed by atoms with Crippen LogP contribution >= 0.6 is 11.6 Å². The van der Waals surface area contributed by atoms with Gasteiger partial charge in [0.1, 0.15) is 5.69 Å². The van der Waals surface area contributed by atoms with Crippen LogP contribution in [0.3, 0.4) is 0 Å². The topological polar surface area (TPSA) is 83.7 Å². The number of halogens is 1. The van der Waals surface area contributed by atoms with Crippen molar-refractivity contribution in [3.8, 4) is 0 Å². The van der Waals surface area contributed by atoms with Crippen LogP contribution in [0.15, 0.2) is 18.2 Å². The molecule has 0 amide bonds. The number of carboxylic acid groups (broad SMARTS) is 1. The molecule has 1 aromatic rings. The Kier molecular flexibility index (Phi) is 3.61. The number of anilines is 1. The first kappa shape index (κ1) is 13.6. The molecule has 102 valence electrons. The number of carboxylic acids is 1. The van der Waals surface area contributed by atoms with Gasteiger partial charge in [-0.2, -0.15) is 0 Å². The molecular formula is C12H13ClN2O4. The van der Waals surface area contributed by atoms with Crippen molar-refractivity contribution in [1.82, 2.24) is 0 Å². The lowest BCUT2D eigenvalue weighted by Gasteiger charge is -2.42.